The predicted octanol–water partition coefficient (Wildman–Crippen LogP) is 1.27. The van der Waals surface area contributed by atoms with E-state index in [1.54, 1.807) is 0 Å². The highest BCUT2D eigenvalue weighted by Gasteiger charge is 2.34. The average molecular weight is 254 g/mol. The van der Waals surface area contributed by atoms with Crippen LogP contribution in [0.5, 0.6) is 0 Å². The number of hydrogen-bond donors (Lipinski definition) is 2. The van der Waals surface area contributed by atoms with Crippen LogP contribution in [0.15, 0.2) is 0 Å². The lowest BCUT2D eigenvalue weighted by Gasteiger charge is -2.38. The van der Waals surface area contributed by atoms with Gasteiger partial charge in [-0.25, -0.2) is 0 Å². The maximum atomic E-state index is 12.6. The van der Waals surface area contributed by atoms with Crippen LogP contribution in [-0.4, -0.2) is 41.1 Å². The second-order valence-electron chi connectivity index (χ2n) is 5.77. The van der Waals surface area contributed by atoms with Gasteiger partial charge in [0.05, 0.1) is 18.6 Å². The summed E-state index contributed by atoms with van der Waals surface area (Å²) in [7, 11) is 0. The van der Waals surface area contributed by atoms with E-state index < -0.39 is 0 Å². The first-order chi connectivity index (χ1) is 8.74. The molecule has 3 N–H and O–H groups in total. The molecule has 1 saturated carbocycles. The second-order valence-corrected chi connectivity index (χ2v) is 5.77. The van der Waals surface area contributed by atoms with E-state index in [0.717, 1.165) is 51.5 Å². The van der Waals surface area contributed by atoms with Crippen LogP contribution in [0.4, 0.5) is 0 Å². The third kappa shape index (κ3) is 3.04. The van der Waals surface area contributed by atoms with Gasteiger partial charge in [-0.15, -0.1) is 0 Å². The minimum Gasteiger partial charge on any atom is -0.394 e. The molecule has 0 aromatic carbocycles. The van der Waals surface area contributed by atoms with Gasteiger partial charge in [-0.3, -0.25) is 4.79 Å². The highest BCUT2D eigenvalue weighted by molar-refractivity contribution is 5.80. The minimum atomic E-state index is -0.0142. The number of nitrogens with two attached hydrogens (primary N) is 1. The monoisotopic (exact) mass is 254 g/mol. The molecular formula is C14H26N2O2. The first kappa shape index (κ1) is 13.8. The van der Waals surface area contributed by atoms with E-state index in [4.69, 9.17) is 5.73 Å². The first-order valence-corrected chi connectivity index (χ1v) is 7.41. The van der Waals surface area contributed by atoms with Gasteiger partial charge in [-0.2, -0.15) is 0 Å². The molecule has 3 unspecified atom stereocenters. The van der Waals surface area contributed by atoms with Gasteiger partial charge >= 0.3 is 0 Å². The average Bonchev–Trinajstić information content (AvgIpc) is 2.62. The zero-order chi connectivity index (χ0) is 13.0. The van der Waals surface area contributed by atoms with Crippen LogP contribution in [0.1, 0.15) is 51.4 Å². The van der Waals surface area contributed by atoms with Gasteiger partial charge in [0.2, 0.25) is 5.91 Å². The lowest BCUT2D eigenvalue weighted by atomic mass is 9.91. The Kier molecular flexibility index (Phi) is 5.01. The molecule has 2 aliphatic rings. The van der Waals surface area contributed by atoms with E-state index >= 15 is 0 Å². The van der Waals surface area contributed by atoms with Crippen molar-refractivity contribution in [2.75, 3.05) is 13.2 Å². The molecule has 0 bridgehead atoms. The highest BCUT2D eigenvalue weighted by atomic mass is 16.3. The van der Waals surface area contributed by atoms with Crippen molar-refractivity contribution in [2.24, 2.45) is 11.7 Å². The summed E-state index contributed by atoms with van der Waals surface area (Å²) in [6.07, 6.45) is 8.46. The van der Waals surface area contributed by atoms with Crippen LogP contribution >= 0.6 is 0 Å². The molecule has 1 amide bonds. The molecule has 0 aromatic heterocycles. The number of amides is 1. The van der Waals surface area contributed by atoms with Crippen molar-refractivity contribution in [3.05, 3.63) is 0 Å². The SMILES string of the molecule is NC1CCCCCC1C(=O)N1CCCCC1CO. The fourth-order valence-electron chi connectivity index (χ4n) is 3.34. The van der Waals surface area contributed by atoms with Crippen molar-refractivity contribution in [1.82, 2.24) is 4.90 Å². The molecule has 1 aliphatic heterocycles. The van der Waals surface area contributed by atoms with Crippen LogP contribution in [-0.2, 0) is 4.79 Å². The fraction of sp³-hybridized carbons (Fsp3) is 0.929. The van der Waals surface area contributed by atoms with Gasteiger partial charge < -0.3 is 15.7 Å². The molecule has 4 nitrogen and oxygen atoms in total. The normalized spacial score (nSPS) is 34.1. The summed E-state index contributed by atoms with van der Waals surface area (Å²) in [5, 5.41) is 9.41. The molecule has 104 valence electrons. The van der Waals surface area contributed by atoms with Gasteiger partial charge in [0.1, 0.15) is 0 Å². The summed E-state index contributed by atoms with van der Waals surface area (Å²) < 4.78 is 0. The summed E-state index contributed by atoms with van der Waals surface area (Å²) >= 11 is 0. The number of nitrogens with zero attached hydrogens (tertiary/aromatic N) is 1. The molecule has 18 heavy (non-hydrogen) atoms. The Morgan fingerprint density at radius 3 is 2.61 bits per heavy atom. The number of rotatable bonds is 2. The molecule has 3 atom stereocenters. The molecule has 0 aromatic rings. The van der Waals surface area contributed by atoms with E-state index in [0.29, 0.717) is 0 Å². The van der Waals surface area contributed by atoms with Gasteiger partial charge in [-0.05, 0) is 32.1 Å². The molecule has 0 spiro atoms. The number of carbonyl (C=O) groups excluding carboxylic acids is 1. The third-order valence-corrected chi connectivity index (χ3v) is 4.51. The van der Waals surface area contributed by atoms with Crippen molar-refractivity contribution in [2.45, 2.75) is 63.5 Å². The standard InChI is InChI=1S/C14H26N2O2/c15-13-8-3-1-2-7-12(13)14(18)16-9-5-4-6-11(16)10-17/h11-13,17H,1-10,15H2. The Morgan fingerprint density at radius 2 is 1.83 bits per heavy atom. The van der Waals surface area contributed by atoms with Crippen molar-refractivity contribution < 1.29 is 9.90 Å². The predicted molar refractivity (Wildman–Crippen MR) is 71.0 cm³/mol. The van der Waals surface area contributed by atoms with Gasteiger partial charge in [-0.1, -0.05) is 19.3 Å². The molecule has 2 rings (SSSR count). The van der Waals surface area contributed by atoms with Crippen molar-refractivity contribution >= 4 is 5.91 Å². The van der Waals surface area contributed by atoms with Crippen LogP contribution < -0.4 is 5.73 Å². The van der Waals surface area contributed by atoms with Crippen LogP contribution in [0, 0.1) is 5.92 Å². The smallest absolute Gasteiger partial charge is 0.227 e. The summed E-state index contributed by atoms with van der Waals surface area (Å²) in [6.45, 7) is 0.890. The van der Waals surface area contributed by atoms with Crippen LogP contribution in [0.3, 0.4) is 0 Å². The Bertz CT molecular complexity index is 279. The molecule has 1 aliphatic carbocycles. The number of carbonyl (C=O) groups is 1. The molecule has 1 saturated heterocycles. The lowest BCUT2D eigenvalue weighted by Crippen LogP contribution is -2.51. The van der Waals surface area contributed by atoms with Crippen molar-refractivity contribution in [1.29, 1.82) is 0 Å². The summed E-state index contributed by atoms with van der Waals surface area (Å²) in [4.78, 5) is 14.5. The summed E-state index contributed by atoms with van der Waals surface area (Å²) in [5.41, 5.74) is 6.16. The van der Waals surface area contributed by atoms with E-state index in [2.05, 4.69) is 0 Å². The van der Waals surface area contributed by atoms with Crippen LogP contribution in [0.25, 0.3) is 0 Å². The zero-order valence-electron chi connectivity index (χ0n) is 11.2. The van der Waals surface area contributed by atoms with E-state index in [1.807, 2.05) is 4.90 Å². The second kappa shape index (κ2) is 6.53. The van der Waals surface area contributed by atoms with E-state index in [1.165, 1.54) is 6.42 Å². The number of piperidine rings is 1. The molecule has 1 heterocycles. The summed E-state index contributed by atoms with van der Waals surface area (Å²) in [6, 6.07) is 0.0444. The Balaban J connectivity index is 2.03. The van der Waals surface area contributed by atoms with Crippen molar-refractivity contribution in [3.8, 4) is 0 Å². The van der Waals surface area contributed by atoms with Crippen LogP contribution in [0.2, 0.25) is 0 Å². The first-order valence-electron chi connectivity index (χ1n) is 7.41. The number of hydrogen-bond acceptors (Lipinski definition) is 3. The molecular weight excluding hydrogens is 228 g/mol. The zero-order valence-corrected chi connectivity index (χ0v) is 11.2. The Morgan fingerprint density at radius 1 is 1.11 bits per heavy atom. The lowest BCUT2D eigenvalue weighted by molar-refractivity contribution is -0.141. The number of aliphatic hydroxyl groups excluding tert-OH is 1. The molecule has 2 fully saturated rings. The Labute approximate surface area is 110 Å². The van der Waals surface area contributed by atoms with E-state index in [9.17, 15) is 9.90 Å². The van der Waals surface area contributed by atoms with Gasteiger partial charge in [0.15, 0.2) is 0 Å². The summed E-state index contributed by atoms with van der Waals surface area (Å²) in [5.74, 6) is 0.183. The molecule has 0 radical (unpaired) electrons. The largest absolute Gasteiger partial charge is 0.394 e. The Hall–Kier alpha value is -0.610. The minimum absolute atomic E-state index is 0.0142. The van der Waals surface area contributed by atoms with Crippen molar-refractivity contribution in [3.63, 3.8) is 0 Å². The topological polar surface area (TPSA) is 66.6 Å². The van der Waals surface area contributed by atoms with Gasteiger partial charge in [0.25, 0.3) is 0 Å². The third-order valence-electron chi connectivity index (χ3n) is 4.51. The number of aliphatic hydroxyl groups is 1. The quantitative estimate of drug-likeness (QED) is 0.729. The maximum Gasteiger partial charge on any atom is 0.227 e. The molecule has 4 heteroatoms. The van der Waals surface area contributed by atoms with Gasteiger partial charge in [0, 0.05) is 12.6 Å². The fourth-order valence-corrected chi connectivity index (χ4v) is 3.34. The highest BCUT2D eigenvalue weighted by Crippen LogP contribution is 2.27. The number of likely N-dealkylation sites (tertiary alicyclic amines) is 1. The van der Waals surface area contributed by atoms with E-state index in [-0.39, 0.29) is 30.5 Å². The maximum absolute atomic E-state index is 12.6.